The molecule has 4 nitrogen and oxygen atoms in total. The molecule has 1 atom stereocenters. The molecule has 0 spiro atoms. The summed E-state index contributed by atoms with van der Waals surface area (Å²) in [6, 6.07) is 4.33. The molecule has 0 radical (unpaired) electrons. The molecule has 0 bridgehead atoms. The zero-order chi connectivity index (χ0) is 14.0. The molecule has 0 saturated heterocycles. The van der Waals surface area contributed by atoms with Crippen molar-refractivity contribution in [3.63, 3.8) is 0 Å². The number of halogens is 2. The van der Waals surface area contributed by atoms with Gasteiger partial charge >= 0.3 is 0 Å². The van der Waals surface area contributed by atoms with Gasteiger partial charge in [0.25, 0.3) is 0 Å². The molecule has 2 N–H and O–H groups in total. The molecule has 0 aromatic heterocycles. The van der Waals surface area contributed by atoms with Crippen LogP contribution >= 0.6 is 27.5 Å². The maximum absolute atomic E-state index is 12.0. The van der Waals surface area contributed by atoms with Crippen LogP contribution in [0.4, 0.5) is 0 Å². The maximum atomic E-state index is 12.0. The molecule has 0 saturated carbocycles. The zero-order valence-electron chi connectivity index (χ0n) is 10.1. The van der Waals surface area contributed by atoms with Crippen molar-refractivity contribution in [2.75, 3.05) is 6.54 Å². The second-order valence-corrected chi connectivity index (χ2v) is 7.28. The highest BCUT2D eigenvalue weighted by atomic mass is 79.9. The van der Waals surface area contributed by atoms with Crippen molar-refractivity contribution >= 4 is 37.6 Å². The Morgan fingerprint density at radius 3 is 2.61 bits per heavy atom. The van der Waals surface area contributed by atoms with E-state index in [0.29, 0.717) is 15.9 Å². The molecular formula is C11H15BrClNO3S. The van der Waals surface area contributed by atoms with Crippen molar-refractivity contribution in [3.8, 4) is 0 Å². The summed E-state index contributed by atoms with van der Waals surface area (Å²) in [6.07, 6.45) is 0.458. The van der Waals surface area contributed by atoms with E-state index in [1.807, 2.05) is 0 Å². The van der Waals surface area contributed by atoms with Crippen LogP contribution in [-0.2, 0) is 10.0 Å². The molecule has 0 aliphatic heterocycles. The lowest BCUT2D eigenvalue weighted by Gasteiger charge is -2.21. The van der Waals surface area contributed by atoms with Crippen LogP contribution in [0.15, 0.2) is 27.6 Å². The van der Waals surface area contributed by atoms with Gasteiger partial charge in [-0.25, -0.2) is 13.1 Å². The molecule has 0 aliphatic carbocycles. The Balaban J connectivity index is 2.90. The fourth-order valence-corrected chi connectivity index (χ4v) is 2.94. The number of sulfonamides is 1. The first-order valence-electron chi connectivity index (χ1n) is 5.35. The van der Waals surface area contributed by atoms with Gasteiger partial charge < -0.3 is 5.11 Å². The number of aliphatic hydroxyl groups is 1. The fourth-order valence-electron chi connectivity index (χ4n) is 1.10. The molecule has 1 unspecified atom stereocenters. The van der Waals surface area contributed by atoms with Crippen molar-refractivity contribution in [1.82, 2.24) is 4.72 Å². The van der Waals surface area contributed by atoms with Crippen LogP contribution in [0.3, 0.4) is 0 Å². The van der Waals surface area contributed by atoms with Crippen LogP contribution in [0.25, 0.3) is 0 Å². The molecule has 0 fully saturated rings. The lowest BCUT2D eigenvalue weighted by molar-refractivity contribution is 0.0613. The van der Waals surface area contributed by atoms with Crippen LogP contribution in [0.2, 0.25) is 5.02 Å². The van der Waals surface area contributed by atoms with E-state index in [9.17, 15) is 13.5 Å². The topological polar surface area (TPSA) is 66.4 Å². The largest absolute Gasteiger partial charge is 0.389 e. The molecular weight excluding hydrogens is 342 g/mol. The molecule has 0 amide bonds. The van der Waals surface area contributed by atoms with Gasteiger partial charge in [-0.15, -0.1) is 0 Å². The van der Waals surface area contributed by atoms with Crippen molar-refractivity contribution in [3.05, 3.63) is 27.7 Å². The third-order valence-electron chi connectivity index (χ3n) is 2.61. The average molecular weight is 357 g/mol. The lowest BCUT2D eigenvalue weighted by atomic mass is 10.1. The average Bonchev–Trinajstić information content (AvgIpc) is 2.30. The van der Waals surface area contributed by atoms with E-state index < -0.39 is 15.6 Å². The van der Waals surface area contributed by atoms with Crippen LogP contribution in [-0.4, -0.2) is 25.7 Å². The molecule has 1 rings (SSSR count). The van der Waals surface area contributed by atoms with E-state index in [2.05, 4.69) is 20.7 Å². The predicted octanol–water partition coefficient (Wildman–Crippen LogP) is 2.54. The Hall–Kier alpha value is -0.140. The molecule has 0 heterocycles. The van der Waals surface area contributed by atoms with E-state index >= 15 is 0 Å². The molecule has 18 heavy (non-hydrogen) atoms. The van der Waals surface area contributed by atoms with E-state index in [1.165, 1.54) is 18.2 Å². The van der Waals surface area contributed by atoms with Gasteiger partial charge in [0.15, 0.2) is 0 Å². The van der Waals surface area contributed by atoms with Crippen molar-refractivity contribution < 1.29 is 13.5 Å². The number of hydrogen-bond acceptors (Lipinski definition) is 3. The van der Waals surface area contributed by atoms with Crippen LogP contribution < -0.4 is 4.72 Å². The van der Waals surface area contributed by atoms with Crippen molar-refractivity contribution in [2.45, 2.75) is 30.8 Å². The minimum atomic E-state index is -3.64. The number of benzene rings is 1. The van der Waals surface area contributed by atoms with Crippen molar-refractivity contribution in [2.24, 2.45) is 0 Å². The third kappa shape index (κ3) is 4.20. The summed E-state index contributed by atoms with van der Waals surface area (Å²) in [6.45, 7) is 3.33. The summed E-state index contributed by atoms with van der Waals surface area (Å²) in [5.74, 6) is 0. The lowest BCUT2D eigenvalue weighted by Crippen LogP contribution is -2.40. The number of nitrogens with one attached hydrogen (secondary N) is 1. The Labute approximate surface area is 121 Å². The van der Waals surface area contributed by atoms with Crippen LogP contribution in [0, 0.1) is 0 Å². The van der Waals surface area contributed by atoms with Gasteiger partial charge in [-0.1, -0.05) is 18.5 Å². The van der Waals surface area contributed by atoms with E-state index in [0.717, 1.165) is 0 Å². The van der Waals surface area contributed by atoms with Gasteiger partial charge in [0.1, 0.15) is 0 Å². The van der Waals surface area contributed by atoms with Gasteiger partial charge in [-0.2, -0.15) is 0 Å². The molecule has 1 aromatic rings. The van der Waals surface area contributed by atoms with Crippen LogP contribution in [0.1, 0.15) is 20.3 Å². The van der Waals surface area contributed by atoms with Gasteiger partial charge in [0.05, 0.1) is 15.5 Å². The zero-order valence-corrected chi connectivity index (χ0v) is 13.2. The summed E-state index contributed by atoms with van der Waals surface area (Å²) >= 11 is 8.97. The summed E-state index contributed by atoms with van der Waals surface area (Å²) < 4.78 is 26.8. The second kappa shape index (κ2) is 5.88. The first-order chi connectivity index (χ1) is 8.18. The quantitative estimate of drug-likeness (QED) is 0.852. The highest BCUT2D eigenvalue weighted by Gasteiger charge is 2.22. The second-order valence-electron chi connectivity index (χ2n) is 4.25. The first kappa shape index (κ1) is 15.9. The maximum Gasteiger partial charge on any atom is 0.240 e. The predicted molar refractivity (Wildman–Crippen MR) is 75.3 cm³/mol. The summed E-state index contributed by atoms with van der Waals surface area (Å²) in [5.41, 5.74) is -1.06. The minimum Gasteiger partial charge on any atom is -0.389 e. The Morgan fingerprint density at radius 1 is 1.50 bits per heavy atom. The first-order valence-corrected chi connectivity index (χ1v) is 8.00. The number of hydrogen-bond donors (Lipinski definition) is 2. The highest BCUT2D eigenvalue weighted by molar-refractivity contribution is 9.10. The summed E-state index contributed by atoms with van der Waals surface area (Å²) in [7, 11) is -3.64. The standard InChI is InChI=1S/C11H15BrClNO3S/c1-3-11(2,15)7-14-18(16,17)8-4-5-10(13)9(12)6-8/h4-6,14-15H,3,7H2,1-2H3. The van der Waals surface area contributed by atoms with E-state index in [-0.39, 0.29) is 11.4 Å². The van der Waals surface area contributed by atoms with Crippen molar-refractivity contribution in [1.29, 1.82) is 0 Å². The highest BCUT2D eigenvalue weighted by Crippen LogP contribution is 2.25. The van der Waals surface area contributed by atoms with Crippen LogP contribution in [0.5, 0.6) is 0 Å². The third-order valence-corrected chi connectivity index (χ3v) is 5.22. The molecule has 0 aliphatic rings. The monoisotopic (exact) mass is 355 g/mol. The summed E-state index contributed by atoms with van der Waals surface area (Å²) in [4.78, 5) is 0.102. The Kier molecular flexibility index (Phi) is 5.20. The fraction of sp³-hybridized carbons (Fsp3) is 0.455. The van der Waals surface area contributed by atoms with E-state index in [4.69, 9.17) is 11.6 Å². The Morgan fingerprint density at radius 2 is 2.11 bits per heavy atom. The Bertz CT molecular complexity index is 531. The smallest absolute Gasteiger partial charge is 0.240 e. The minimum absolute atomic E-state index is 0.0356. The van der Waals surface area contributed by atoms with Gasteiger partial charge in [-0.05, 0) is 47.5 Å². The SMILES string of the molecule is CCC(C)(O)CNS(=O)(=O)c1ccc(Cl)c(Br)c1. The normalized spacial score (nSPS) is 15.4. The van der Waals surface area contributed by atoms with E-state index in [1.54, 1.807) is 13.8 Å². The summed E-state index contributed by atoms with van der Waals surface area (Å²) in [5, 5.41) is 10.2. The number of rotatable bonds is 5. The molecule has 102 valence electrons. The molecule has 7 heteroatoms. The van der Waals surface area contributed by atoms with Gasteiger partial charge in [-0.3, -0.25) is 0 Å². The van der Waals surface area contributed by atoms with Gasteiger partial charge in [0, 0.05) is 11.0 Å². The molecule has 1 aromatic carbocycles. The van der Waals surface area contributed by atoms with Gasteiger partial charge in [0.2, 0.25) is 10.0 Å².